The van der Waals surface area contributed by atoms with Gasteiger partial charge < -0.3 is 10.0 Å². The Morgan fingerprint density at radius 3 is 2.29 bits per heavy atom. The lowest BCUT2D eigenvalue weighted by Gasteiger charge is -2.30. The van der Waals surface area contributed by atoms with Crippen molar-refractivity contribution in [2.45, 2.75) is 18.9 Å². The van der Waals surface area contributed by atoms with Crippen molar-refractivity contribution >= 4 is 5.91 Å². The molecule has 2 rings (SSSR count). The van der Waals surface area contributed by atoms with Crippen LogP contribution in [0.25, 0.3) is 0 Å². The lowest BCUT2D eigenvalue weighted by molar-refractivity contribution is -0.136. The molecule has 4 nitrogen and oxygen atoms in total. The highest BCUT2D eigenvalue weighted by Gasteiger charge is 2.44. The smallest absolute Gasteiger partial charge is 0.244 e. The van der Waals surface area contributed by atoms with Crippen LogP contribution >= 0.6 is 0 Å². The van der Waals surface area contributed by atoms with Crippen molar-refractivity contribution in [2.75, 3.05) is 34.3 Å². The van der Waals surface area contributed by atoms with E-state index in [2.05, 4.69) is 0 Å². The molecule has 1 amide bonds. The van der Waals surface area contributed by atoms with Crippen LogP contribution in [0.1, 0.15) is 24.4 Å². The molecule has 21 heavy (non-hydrogen) atoms. The number of carbonyl (C=O) groups excluding carboxylic acids is 1. The zero-order chi connectivity index (χ0) is 15.6. The molecule has 1 fully saturated rings. The Hall–Kier alpha value is -1.46. The number of likely N-dealkylation sites (N-methyl/N-ethyl adjacent to an activating group) is 2. The highest BCUT2D eigenvalue weighted by atomic mass is 19.1. The summed E-state index contributed by atoms with van der Waals surface area (Å²) in [5.74, 6) is -0.347. The predicted octanol–water partition coefficient (Wildman–Crippen LogP) is 1.66. The zero-order valence-corrected chi connectivity index (χ0v) is 12.8. The Labute approximate surface area is 125 Å². The van der Waals surface area contributed by atoms with E-state index in [1.807, 2.05) is 19.0 Å². The molecular formula is C16H23FN2O2. The molecular weight excluding hydrogens is 271 g/mol. The van der Waals surface area contributed by atoms with Gasteiger partial charge in [0, 0.05) is 19.0 Å². The van der Waals surface area contributed by atoms with Gasteiger partial charge in [-0.25, -0.2) is 4.39 Å². The largest absolute Gasteiger partial charge is 0.396 e. The van der Waals surface area contributed by atoms with Crippen LogP contribution in [-0.4, -0.2) is 55.1 Å². The molecule has 116 valence electrons. The molecule has 5 heteroatoms. The summed E-state index contributed by atoms with van der Waals surface area (Å²) < 4.78 is 13.1. The number of aliphatic hydroxyl groups excluding tert-OH is 1. The molecule has 0 spiro atoms. The second kappa shape index (κ2) is 6.12. The van der Waals surface area contributed by atoms with Crippen molar-refractivity contribution < 1.29 is 14.3 Å². The summed E-state index contributed by atoms with van der Waals surface area (Å²) in [5.41, 5.74) is 0.663. The summed E-state index contributed by atoms with van der Waals surface area (Å²) in [6.07, 6.45) is 1.93. The lowest BCUT2D eigenvalue weighted by Crippen LogP contribution is -2.41. The Morgan fingerprint density at radius 2 is 1.86 bits per heavy atom. The molecule has 0 aliphatic heterocycles. The molecule has 0 aromatic heterocycles. The summed E-state index contributed by atoms with van der Waals surface area (Å²) in [6.45, 7) is 0.682. The van der Waals surface area contributed by atoms with E-state index in [1.165, 1.54) is 12.1 Å². The molecule has 1 aliphatic carbocycles. The average Bonchev–Trinajstić information content (AvgIpc) is 3.21. The number of hydrogen-bond donors (Lipinski definition) is 1. The van der Waals surface area contributed by atoms with Crippen LogP contribution < -0.4 is 0 Å². The maximum absolute atomic E-state index is 13.1. The first kappa shape index (κ1) is 15.9. The number of hydrogen-bond acceptors (Lipinski definition) is 3. The minimum Gasteiger partial charge on any atom is -0.396 e. The van der Waals surface area contributed by atoms with Gasteiger partial charge in [-0.2, -0.15) is 0 Å². The molecule has 1 saturated carbocycles. The van der Waals surface area contributed by atoms with E-state index in [-0.39, 0.29) is 23.7 Å². The number of benzene rings is 1. The fourth-order valence-corrected chi connectivity index (χ4v) is 2.64. The molecule has 1 aromatic carbocycles. The monoisotopic (exact) mass is 294 g/mol. The first-order valence-corrected chi connectivity index (χ1v) is 7.16. The second-order valence-electron chi connectivity index (χ2n) is 6.27. The maximum Gasteiger partial charge on any atom is 0.244 e. The van der Waals surface area contributed by atoms with E-state index in [4.69, 9.17) is 0 Å². The Morgan fingerprint density at radius 1 is 1.29 bits per heavy atom. The quantitative estimate of drug-likeness (QED) is 0.868. The highest BCUT2D eigenvalue weighted by molar-refractivity contribution is 5.83. The zero-order valence-electron chi connectivity index (χ0n) is 12.8. The molecule has 0 radical (unpaired) electrons. The maximum atomic E-state index is 13.1. The van der Waals surface area contributed by atoms with Crippen LogP contribution in [-0.2, 0) is 4.79 Å². The summed E-state index contributed by atoms with van der Waals surface area (Å²) in [6, 6.07) is 5.59. The fraction of sp³-hybridized carbons (Fsp3) is 0.562. The number of nitrogens with zero attached hydrogens (tertiary/aromatic N) is 2. The van der Waals surface area contributed by atoms with E-state index in [0.29, 0.717) is 6.54 Å². The molecule has 0 bridgehead atoms. The third kappa shape index (κ3) is 3.60. The first-order valence-electron chi connectivity index (χ1n) is 7.16. The van der Waals surface area contributed by atoms with E-state index in [9.17, 15) is 14.3 Å². The number of halogens is 1. The van der Waals surface area contributed by atoms with E-state index >= 15 is 0 Å². The van der Waals surface area contributed by atoms with Gasteiger partial charge in [0.2, 0.25) is 5.91 Å². The van der Waals surface area contributed by atoms with Crippen molar-refractivity contribution in [3.63, 3.8) is 0 Å². The highest BCUT2D eigenvalue weighted by Crippen LogP contribution is 2.45. The molecule has 1 aliphatic rings. The SMILES string of the molecule is CN(CC1(CO)CC1)C(=O)[C@H](c1ccc(F)cc1)N(C)C. The molecule has 1 N–H and O–H groups in total. The lowest BCUT2D eigenvalue weighted by atomic mass is 10.0. The predicted molar refractivity (Wildman–Crippen MR) is 79.2 cm³/mol. The number of amides is 1. The third-order valence-electron chi connectivity index (χ3n) is 4.18. The molecule has 1 aromatic rings. The summed E-state index contributed by atoms with van der Waals surface area (Å²) in [7, 11) is 5.43. The van der Waals surface area contributed by atoms with Gasteiger partial charge in [0.05, 0.1) is 6.61 Å². The van der Waals surface area contributed by atoms with Crippen LogP contribution in [0.2, 0.25) is 0 Å². The Bertz CT molecular complexity index is 498. The van der Waals surface area contributed by atoms with Crippen molar-refractivity contribution in [3.05, 3.63) is 35.6 Å². The average molecular weight is 294 g/mol. The van der Waals surface area contributed by atoms with E-state index in [0.717, 1.165) is 18.4 Å². The molecule has 0 heterocycles. The number of carbonyl (C=O) groups is 1. The Balaban J connectivity index is 2.14. The summed E-state index contributed by atoms with van der Waals surface area (Å²) >= 11 is 0. The standard InChI is InChI=1S/C16H23FN2O2/c1-18(2)14(12-4-6-13(17)7-5-12)15(21)19(3)10-16(11-20)8-9-16/h4-7,14,20H,8-11H2,1-3H3/t14-/m0/s1. The number of rotatable bonds is 6. The normalized spacial score (nSPS) is 17.6. The summed E-state index contributed by atoms with van der Waals surface area (Å²) in [5, 5.41) is 9.39. The summed E-state index contributed by atoms with van der Waals surface area (Å²) in [4.78, 5) is 16.2. The first-order chi connectivity index (χ1) is 9.88. The van der Waals surface area contributed by atoms with Crippen molar-refractivity contribution in [1.82, 2.24) is 9.80 Å². The van der Waals surface area contributed by atoms with Crippen LogP contribution in [0.5, 0.6) is 0 Å². The van der Waals surface area contributed by atoms with Crippen LogP contribution in [0, 0.1) is 11.2 Å². The minimum absolute atomic E-state index is 0.0358. The van der Waals surface area contributed by atoms with Gasteiger partial charge in [-0.05, 0) is 44.6 Å². The van der Waals surface area contributed by atoms with Gasteiger partial charge >= 0.3 is 0 Å². The van der Waals surface area contributed by atoms with Crippen molar-refractivity contribution in [3.8, 4) is 0 Å². The van der Waals surface area contributed by atoms with Crippen molar-refractivity contribution in [1.29, 1.82) is 0 Å². The fourth-order valence-electron chi connectivity index (χ4n) is 2.64. The van der Waals surface area contributed by atoms with Gasteiger partial charge in [0.15, 0.2) is 0 Å². The molecule has 0 saturated heterocycles. The van der Waals surface area contributed by atoms with Crippen LogP contribution in [0.4, 0.5) is 4.39 Å². The van der Waals surface area contributed by atoms with Crippen LogP contribution in [0.3, 0.4) is 0 Å². The molecule has 0 unspecified atom stereocenters. The Kier molecular flexibility index (Phi) is 4.64. The van der Waals surface area contributed by atoms with Gasteiger partial charge in [0.25, 0.3) is 0 Å². The second-order valence-corrected chi connectivity index (χ2v) is 6.27. The number of aliphatic hydroxyl groups is 1. The van der Waals surface area contributed by atoms with Gasteiger partial charge in [-0.15, -0.1) is 0 Å². The van der Waals surface area contributed by atoms with E-state index in [1.54, 1.807) is 24.1 Å². The third-order valence-corrected chi connectivity index (χ3v) is 4.18. The van der Waals surface area contributed by atoms with Crippen LogP contribution in [0.15, 0.2) is 24.3 Å². The molecule has 1 atom stereocenters. The van der Waals surface area contributed by atoms with E-state index < -0.39 is 6.04 Å². The van der Waals surface area contributed by atoms with Crippen molar-refractivity contribution in [2.24, 2.45) is 5.41 Å². The van der Waals surface area contributed by atoms with Gasteiger partial charge in [-0.3, -0.25) is 9.69 Å². The van der Waals surface area contributed by atoms with Gasteiger partial charge in [0.1, 0.15) is 11.9 Å². The van der Waals surface area contributed by atoms with Gasteiger partial charge in [-0.1, -0.05) is 12.1 Å². The minimum atomic E-state index is -0.440. The topological polar surface area (TPSA) is 43.8 Å².